The van der Waals surface area contributed by atoms with E-state index in [1.54, 1.807) is 6.07 Å². The Labute approximate surface area is 146 Å². The van der Waals surface area contributed by atoms with E-state index in [0.29, 0.717) is 23.2 Å². The number of carbonyl (C=O) groups is 1. The normalized spacial score (nSPS) is 10.5. The molecule has 1 amide bonds. The van der Waals surface area contributed by atoms with Crippen LogP contribution < -0.4 is 5.32 Å². The Hall–Kier alpha value is -1.55. The van der Waals surface area contributed by atoms with Crippen molar-refractivity contribution in [1.82, 2.24) is 5.32 Å². The number of hydrogen-bond acceptors (Lipinski definition) is 2. The Kier molecular flexibility index (Phi) is 7.40. The lowest BCUT2D eigenvalue weighted by Crippen LogP contribution is -2.28. The third-order valence-corrected chi connectivity index (χ3v) is 4.03. The van der Waals surface area contributed by atoms with Gasteiger partial charge < -0.3 is 10.1 Å². The van der Waals surface area contributed by atoms with Crippen molar-refractivity contribution in [2.75, 3.05) is 13.2 Å². The highest BCUT2D eigenvalue weighted by atomic mass is 35.5. The number of halogens is 2. The number of hydrogen-bond donors (Lipinski definition) is 1. The largest absolute Gasteiger partial charge is 0.367 e. The summed E-state index contributed by atoms with van der Waals surface area (Å²) in [4.78, 5) is 11.7. The maximum atomic E-state index is 11.7. The number of carbonyl (C=O) groups excluding carboxylic acids is 1. The van der Waals surface area contributed by atoms with Crippen LogP contribution in [0.2, 0.25) is 10.0 Å². The van der Waals surface area contributed by atoms with E-state index >= 15 is 0 Å². The van der Waals surface area contributed by atoms with Crippen molar-refractivity contribution in [1.29, 1.82) is 0 Å². The molecule has 2 aromatic carbocycles. The van der Waals surface area contributed by atoms with Gasteiger partial charge in [-0.15, -0.1) is 0 Å². The molecule has 0 radical (unpaired) electrons. The van der Waals surface area contributed by atoms with Crippen LogP contribution in [0.4, 0.5) is 0 Å². The number of benzene rings is 2. The van der Waals surface area contributed by atoms with E-state index in [1.165, 1.54) is 0 Å². The summed E-state index contributed by atoms with van der Waals surface area (Å²) < 4.78 is 5.38. The van der Waals surface area contributed by atoms with E-state index in [9.17, 15) is 4.79 Å². The molecule has 0 aliphatic rings. The third kappa shape index (κ3) is 6.61. The number of amides is 1. The summed E-state index contributed by atoms with van der Waals surface area (Å²) in [5.41, 5.74) is 2.16. The molecule has 23 heavy (non-hydrogen) atoms. The van der Waals surface area contributed by atoms with Crippen LogP contribution in [0.25, 0.3) is 0 Å². The van der Waals surface area contributed by atoms with Gasteiger partial charge in [-0.3, -0.25) is 4.79 Å². The van der Waals surface area contributed by atoms with Gasteiger partial charge >= 0.3 is 0 Å². The van der Waals surface area contributed by atoms with E-state index in [1.807, 2.05) is 42.5 Å². The van der Waals surface area contributed by atoms with Gasteiger partial charge in [0.05, 0.1) is 16.7 Å². The molecule has 0 aliphatic heterocycles. The first kappa shape index (κ1) is 17.8. The first-order chi connectivity index (χ1) is 11.1. The van der Waals surface area contributed by atoms with Crippen molar-refractivity contribution in [2.45, 2.75) is 19.4 Å². The van der Waals surface area contributed by atoms with Gasteiger partial charge in [0.25, 0.3) is 0 Å². The minimum atomic E-state index is -0.102. The summed E-state index contributed by atoms with van der Waals surface area (Å²) in [6, 6.07) is 15.4. The van der Waals surface area contributed by atoms with E-state index in [2.05, 4.69) is 5.32 Å². The number of aryl methyl sites for hydroxylation is 1. The lowest BCUT2D eigenvalue weighted by molar-refractivity contribution is -0.126. The van der Waals surface area contributed by atoms with E-state index in [0.717, 1.165) is 24.0 Å². The van der Waals surface area contributed by atoms with Gasteiger partial charge in [0, 0.05) is 6.54 Å². The second-order valence-corrected chi connectivity index (χ2v) is 5.99. The van der Waals surface area contributed by atoms with Gasteiger partial charge in [0.2, 0.25) is 5.91 Å². The molecule has 0 atom stereocenters. The van der Waals surface area contributed by atoms with Crippen molar-refractivity contribution in [2.24, 2.45) is 0 Å². The van der Waals surface area contributed by atoms with Gasteiger partial charge in [0.1, 0.15) is 6.61 Å². The molecule has 5 heteroatoms. The molecule has 3 nitrogen and oxygen atoms in total. The summed E-state index contributed by atoms with van der Waals surface area (Å²) >= 11 is 11.8. The van der Waals surface area contributed by atoms with Gasteiger partial charge in [-0.1, -0.05) is 59.6 Å². The molecule has 0 aliphatic carbocycles. The van der Waals surface area contributed by atoms with Crippen LogP contribution in [0.15, 0.2) is 48.5 Å². The molecular formula is C18H19Cl2NO2. The molecule has 122 valence electrons. The monoisotopic (exact) mass is 351 g/mol. The first-order valence-corrected chi connectivity index (χ1v) is 8.23. The predicted octanol–water partition coefficient (Wildman–Crippen LogP) is 4.26. The second kappa shape index (κ2) is 9.56. The zero-order valence-corrected chi connectivity index (χ0v) is 14.2. The van der Waals surface area contributed by atoms with Crippen LogP contribution in [0, 0.1) is 0 Å². The Morgan fingerprint density at radius 2 is 1.78 bits per heavy atom. The molecule has 0 heterocycles. The molecule has 0 aromatic heterocycles. The summed E-state index contributed by atoms with van der Waals surface area (Å²) in [5.74, 6) is -0.102. The predicted molar refractivity (Wildman–Crippen MR) is 93.9 cm³/mol. The van der Waals surface area contributed by atoms with Crippen molar-refractivity contribution >= 4 is 29.1 Å². The number of ether oxygens (including phenoxy) is 1. The minimum absolute atomic E-state index is 0.0711. The summed E-state index contributed by atoms with van der Waals surface area (Å²) in [6.07, 6.45) is 1.67. The second-order valence-electron chi connectivity index (χ2n) is 5.18. The summed E-state index contributed by atoms with van der Waals surface area (Å²) in [7, 11) is 0. The van der Waals surface area contributed by atoms with E-state index in [-0.39, 0.29) is 12.5 Å². The highest BCUT2D eigenvalue weighted by molar-refractivity contribution is 6.42. The topological polar surface area (TPSA) is 38.3 Å². The molecule has 2 aromatic rings. The molecule has 0 spiro atoms. The Bertz CT molecular complexity index is 632. The van der Waals surface area contributed by atoms with Crippen LogP contribution in [0.5, 0.6) is 0 Å². The smallest absolute Gasteiger partial charge is 0.246 e. The van der Waals surface area contributed by atoms with Crippen LogP contribution in [0.3, 0.4) is 0 Å². The molecule has 0 fully saturated rings. The molecule has 0 bridgehead atoms. The van der Waals surface area contributed by atoms with Crippen molar-refractivity contribution < 1.29 is 9.53 Å². The van der Waals surface area contributed by atoms with E-state index < -0.39 is 0 Å². The quantitative estimate of drug-likeness (QED) is 0.721. The maximum Gasteiger partial charge on any atom is 0.246 e. The SMILES string of the molecule is O=C(COCc1ccccc1)NCCCc1ccc(Cl)c(Cl)c1. The maximum absolute atomic E-state index is 11.7. The average molecular weight is 352 g/mol. The highest BCUT2D eigenvalue weighted by Gasteiger charge is 2.03. The van der Waals surface area contributed by atoms with Gasteiger partial charge in [-0.2, -0.15) is 0 Å². The molecule has 0 saturated heterocycles. The molecular weight excluding hydrogens is 333 g/mol. The lowest BCUT2D eigenvalue weighted by Gasteiger charge is -2.07. The van der Waals surface area contributed by atoms with Gasteiger partial charge in [0.15, 0.2) is 0 Å². The molecule has 0 unspecified atom stereocenters. The zero-order valence-electron chi connectivity index (χ0n) is 12.7. The standard InChI is InChI=1S/C18H19Cl2NO2/c19-16-9-8-14(11-17(16)20)7-4-10-21-18(22)13-23-12-15-5-2-1-3-6-15/h1-3,5-6,8-9,11H,4,7,10,12-13H2,(H,21,22). The highest BCUT2D eigenvalue weighted by Crippen LogP contribution is 2.22. The Morgan fingerprint density at radius 1 is 1.00 bits per heavy atom. The van der Waals surface area contributed by atoms with Crippen molar-refractivity contribution in [3.63, 3.8) is 0 Å². The number of nitrogens with one attached hydrogen (secondary N) is 1. The van der Waals surface area contributed by atoms with Crippen LogP contribution in [-0.2, 0) is 22.6 Å². The van der Waals surface area contributed by atoms with Crippen molar-refractivity contribution in [3.8, 4) is 0 Å². The van der Waals surface area contributed by atoms with Crippen LogP contribution >= 0.6 is 23.2 Å². The lowest BCUT2D eigenvalue weighted by atomic mass is 10.1. The summed E-state index contributed by atoms with van der Waals surface area (Å²) in [6.45, 7) is 1.12. The van der Waals surface area contributed by atoms with E-state index in [4.69, 9.17) is 27.9 Å². The third-order valence-electron chi connectivity index (χ3n) is 3.29. The fourth-order valence-corrected chi connectivity index (χ4v) is 2.42. The van der Waals surface area contributed by atoms with Crippen LogP contribution in [-0.4, -0.2) is 19.1 Å². The average Bonchev–Trinajstić information content (AvgIpc) is 2.56. The van der Waals surface area contributed by atoms with Crippen molar-refractivity contribution in [3.05, 3.63) is 69.7 Å². The van der Waals surface area contributed by atoms with Crippen LogP contribution in [0.1, 0.15) is 17.5 Å². The molecule has 2 rings (SSSR count). The first-order valence-electron chi connectivity index (χ1n) is 7.47. The Balaban J connectivity index is 1.58. The zero-order chi connectivity index (χ0) is 16.5. The fourth-order valence-electron chi connectivity index (χ4n) is 2.10. The van der Waals surface area contributed by atoms with Gasteiger partial charge in [-0.25, -0.2) is 0 Å². The fraction of sp³-hybridized carbons (Fsp3) is 0.278. The Morgan fingerprint density at radius 3 is 2.52 bits per heavy atom. The molecule has 1 N–H and O–H groups in total. The van der Waals surface area contributed by atoms with Gasteiger partial charge in [-0.05, 0) is 36.1 Å². The molecule has 0 saturated carbocycles. The number of rotatable bonds is 8. The minimum Gasteiger partial charge on any atom is -0.367 e. The summed E-state index contributed by atoms with van der Waals surface area (Å²) in [5, 5.41) is 3.95.